The number of likely N-dealkylation sites (tertiary alicyclic amines) is 1. The molecule has 0 aromatic carbocycles. The Morgan fingerprint density at radius 1 is 1.69 bits per heavy atom. The predicted octanol–water partition coefficient (Wildman–Crippen LogP) is -0.422. The lowest BCUT2D eigenvalue weighted by atomic mass is 9.94. The van der Waals surface area contributed by atoms with Gasteiger partial charge in [0.2, 0.25) is 0 Å². The fourth-order valence-electron chi connectivity index (χ4n) is 1.61. The molecule has 1 saturated heterocycles. The van der Waals surface area contributed by atoms with Crippen molar-refractivity contribution in [1.82, 2.24) is 4.90 Å². The van der Waals surface area contributed by atoms with Gasteiger partial charge in [0, 0.05) is 25.6 Å². The van der Waals surface area contributed by atoms with E-state index >= 15 is 0 Å². The SMILES string of the molecule is CC(C/C(N)=N/O)N1CC(C)(O)C1. The first-order valence-corrected chi connectivity index (χ1v) is 4.37. The summed E-state index contributed by atoms with van der Waals surface area (Å²) < 4.78 is 0. The molecule has 0 aromatic rings. The minimum atomic E-state index is -0.556. The van der Waals surface area contributed by atoms with Crippen LogP contribution in [0, 0.1) is 0 Å². The third kappa shape index (κ3) is 2.57. The molecule has 1 aliphatic rings. The second-order valence-corrected chi connectivity index (χ2v) is 4.05. The van der Waals surface area contributed by atoms with Gasteiger partial charge in [0.25, 0.3) is 0 Å². The number of hydrogen-bond donors (Lipinski definition) is 3. The number of aliphatic hydroxyl groups is 1. The highest BCUT2D eigenvalue weighted by Crippen LogP contribution is 2.23. The summed E-state index contributed by atoms with van der Waals surface area (Å²) in [5.74, 6) is 0.235. The van der Waals surface area contributed by atoms with E-state index in [1.165, 1.54) is 0 Å². The van der Waals surface area contributed by atoms with Crippen molar-refractivity contribution in [2.24, 2.45) is 10.9 Å². The van der Waals surface area contributed by atoms with Crippen molar-refractivity contribution in [2.75, 3.05) is 13.1 Å². The van der Waals surface area contributed by atoms with Crippen molar-refractivity contribution in [3.63, 3.8) is 0 Å². The Morgan fingerprint density at radius 3 is 2.62 bits per heavy atom. The van der Waals surface area contributed by atoms with E-state index < -0.39 is 5.60 Å². The van der Waals surface area contributed by atoms with Crippen molar-refractivity contribution >= 4 is 5.84 Å². The molecule has 0 amide bonds. The maximum absolute atomic E-state index is 9.47. The van der Waals surface area contributed by atoms with Crippen LogP contribution >= 0.6 is 0 Å². The van der Waals surface area contributed by atoms with Gasteiger partial charge in [0.15, 0.2) is 0 Å². The zero-order valence-electron chi connectivity index (χ0n) is 8.06. The molecule has 0 aliphatic carbocycles. The lowest BCUT2D eigenvalue weighted by Gasteiger charge is -2.47. The molecule has 76 valence electrons. The number of rotatable bonds is 3. The van der Waals surface area contributed by atoms with Crippen LogP contribution in [0.3, 0.4) is 0 Å². The summed E-state index contributed by atoms with van der Waals surface area (Å²) in [7, 11) is 0. The van der Waals surface area contributed by atoms with E-state index in [4.69, 9.17) is 10.9 Å². The number of hydrogen-bond acceptors (Lipinski definition) is 4. The van der Waals surface area contributed by atoms with Gasteiger partial charge in [0.05, 0.1) is 5.60 Å². The third-order valence-corrected chi connectivity index (χ3v) is 2.34. The van der Waals surface area contributed by atoms with Crippen molar-refractivity contribution in [3.05, 3.63) is 0 Å². The smallest absolute Gasteiger partial charge is 0.140 e. The maximum Gasteiger partial charge on any atom is 0.140 e. The van der Waals surface area contributed by atoms with Gasteiger partial charge in [-0.25, -0.2) is 0 Å². The molecule has 1 fully saturated rings. The number of oxime groups is 1. The number of β-amino-alcohol motifs (C(OH)–C–C–N with tert-alkyl or cyclic N) is 1. The molecule has 1 unspecified atom stereocenters. The van der Waals surface area contributed by atoms with Crippen LogP contribution in [0.1, 0.15) is 20.3 Å². The van der Waals surface area contributed by atoms with Crippen LogP contribution in [0.15, 0.2) is 5.16 Å². The van der Waals surface area contributed by atoms with E-state index in [1.807, 2.05) is 6.92 Å². The second kappa shape index (κ2) is 3.51. The summed E-state index contributed by atoms with van der Waals surface area (Å²) in [5, 5.41) is 20.7. The monoisotopic (exact) mass is 187 g/mol. The Kier molecular flexibility index (Phi) is 2.77. The normalized spacial score (nSPS) is 25.3. The van der Waals surface area contributed by atoms with Gasteiger partial charge in [-0.05, 0) is 13.8 Å². The zero-order chi connectivity index (χ0) is 10.1. The molecular weight excluding hydrogens is 170 g/mol. The van der Waals surface area contributed by atoms with E-state index in [2.05, 4.69) is 10.1 Å². The summed E-state index contributed by atoms with van der Waals surface area (Å²) in [5.41, 5.74) is 4.81. The van der Waals surface area contributed by atoms with Gasteiger partial charge in [-0.2, -0.15) is 0 Å². The molecule has 0 radical (unpaired) electrons. The van der Waals surface area contributed by atoms with Gasteiger partial charge in [-0.15, -0.1) is 0 Å². The van der Waals surface area contributed by atoms with Gasteiger partial charge >= 0.3 is 0 Å². The summed E-state index contributed by atoms with van der Waals surface area (Å²) >= 11 is 0. The first-order valence-electron chi connectivity index (χ1n) is 4.37. The van der Waals surface area contributed by atoms with Crippen molar-refractivity contribution in [3.8, 4) is 0 Å². The standard InChI is InChI=1S/C8H17N3O2/c1-6(3-7(9)10-13)11-4-8(2,12)5-11/h6,12-13H,3-5H2,1-2H3,(H2,9,10). The van der Waals surface area contributed by atoms with Crippen LogP contribution in [0.5, 0.6) is 0 Å². The highest BCUT2D eigenvalue weighted by Gasteiger charge is 2.38. The molecule has 4 N–H and O–H groups in total. The molecule has 1 heterocycles. The Bertz CT molecular complexity index is 207. The average molecular weight is 187 g/mol. The van der Waals surface area contributed by atoms with Crippen LogP contribution in [0.4, 0.5) is 0 Å². The van der Waals surface area contributed by atoms with Gasteiger partial charge in [0.1, 0.15) is 5.84 Å². The molecular formula is C8H17N3O2. The quantitative estimate of drug-likeness (QED) is 0.242. The molecule has 5 nitrogen and oxygen atoms in total. The van der Waals surface area contributed by atoms with Crippen molar-refractivity contribution in [1.29, 1.82) is 0 Å². The van der Waals surface area contributed by atoms with Crippen LogP contribution in [0.2, 0.25) is 0 Å². The predicted molar refractivity (Wildman–Crippen MR) is 49.7 cm³/mol. The van der Waals surface area contributed by atoms with Crippen molar-refractivity contribution < 1.29 is 10.3 Å². The number of nitrogens with two attached hydrogens (primary N) is 1. The van der Waals surface area contributed by atoms with Crippen molar-refractivity contribution in [2.45, 2.75) is 31.9 Å². The van der Waals surface area contributed by atoms with E-state index in [0.29, 0.717) is 19.5 Å². The molecule has 13 heavy (non-hydrogen) atoms. The minimum Gasteiger partial charge on any atom is -0.409 e. The highest BCUT2D eigenvalue weighted by molar-refractivity contribution is 5.80. The number of nitrogens with zero attached hydrogens (tertiary/aromatic N) is 2. The zero-order valence-corrected chi connectivity index (χ0v) is 8.06. The van der Waals surface area contributed by atoms with E-state index in [-0.39, 0.29) is 11.9 Å². The van der Waals surface area contributed by atoms with E-state index in [9.17, 15) is 5.11 Å². The Balaban J connectivity index is 2.31. The van der Waals surface area contributed by atoms with Crippen LogP contribution in [-0.2, 0) is 0 Å². The molecule has 0 saturated carbocycles. The molecule has 1 atom stereocenters. The summed E-state index contributed by atoms with van der Waals surface area (Å²) in [6.07, 6.45) is 0.534. The van der Waals surface area contributed by atoms with Crippen LogP contribution in [-0.4, -0.2) is 45.8 Å². The topological polar surface area (TPSA) is 82.1 Å². The largest absolute Gasteiger partial charge is 0.409 e. The third-order valence-electron chi connectivity index (χ3n) is 2.34. The first kappa shape index (κ1) is 10.3. The molecule has 0 bridgehead atoms. The molecule has 1 rings (SSSR count). The molecule has 0 aromatic heterocycles. The lowest BCUT2D eigenvalue weighted by molar-refractivity contribution is -0.0980. The molecule has 0 spiro atoms. The van der Waals surface area contributed by atoms with Crippen LogP contribution in [0.25, 0.3) is 0 Å². The maximum atomic E-state index is 9.47. The van der Waals surface area contributed by atoms with Gasteiger partial charge < -0.3 is 16.0 Å². The summed E-state index contributed by atoms with van der Waals surface area (Å²) in [6, 6.07) is 0.219. The lowest BCUT2D eigenvalue weighted by Crippen LogP contribution is -2.62. The Hall–Kier alpha value is -0.810. The van der Waals surface area contributed by atoms with Gasteiger partial charge in [-0.3, -0.25) is 4.90 Å². The summed E-state index contributed by atoms with van der Waals surface area (Å²) in [4.78, 5) is 2.10. The fraction of sp³-hybridized carbons (Fsp3) is 0.875. The van der Waals surface area contributed by atoms with E-state index in [0.717, 1.165) is 0 Å². The first-order chi connectivity index (χ1) is 5.94. The average Bonchev–Trinajstić information content (AvgIpc) is 1.99. The highest BCUT2D eigenvalue weighted by atomic mass is 16.4. The van der Waals surface area contributed by atoms with E-state index in [1.54, 1.807) is 6.92 Å². The number of amidine groups is 1. The molecule has 5 heteroatoms. The Labute approximate surface area is 77.8 Å². The fourth-order valence-corrected chi connectivity index (χ4v) is 1.61. The minimum absolute atomic E-state index is 0.219. The van der Waals surface area contributed by atoms with Gasteiger partial charge in [-0.1, -0.05) is 5.16 Å². The second-order valence-electron chi connectivity index (χ2n) is 4.05. The Morgan fingerprint density at radius 2 is 2.23 bits per heavy atom. The molecule has 1 aliphatic heterocycles. The summed E-state index contributed by atoms with van der Waals surface area (Å²) in [6.45, 7) is 5.12. The van der Waals surface area contributed by atoms with Crippen LogP contribution < -0.4 is 5.73 Å².